The molecule has 2 aromatic carbocycles. The summed E-state index contributed by atoms with van der Waals surface area (Å²) in [5.41, 5.74) is 8.08. The maximum absolute atomic E-state index is 12.5. The van der Waals surface area contributed by atoms with E-state index < -0.39 is 0 Å². The monoisotopic (exact) mass is 312 g/mol. The molecule has 0 radical (unpaired) electrons. The molecule has 3 rings (SSSR count). The van der Waals surface area contributed by atoms with E-state index in [4.69, 9.17) is 18.0 Å². The van der Waals surface area contributed by atoms with Crippen LogP contribution in [0.15, 0.2) is 59.5 Å². The summed E-state index contributed by atoms with van der Waals surface area (Å²) in [6.45, 7) is 0. The van der Waals surface area contributed by atoms with Crippen LogP contribution in [-0.4, -0.2) is 10.2 Å². The van der Waals surface area contributed by atoms with Crippen LogP contribution in [0.5, 0.6) is 0 Å². The third-order valence-corrected chi connectivity index (χ3v) is 4.34. The van der Waals surface area contributed by atoms with E-state index in [1.54, 1.807) is 4.90 Å². The molecular formula is C16H12N2OS2. The van der Waals surface area contributed by atoms with E-state index in [1.165, 1.54) is 11.8 Å². The number of carbonyl (C=O) groups is 1. The molecule has 0 saturated carbocycles. The summed E-state index contributed by atoms with van der Waals surface area (Å²) >= 11 is 6.63. The number of nitrogens with zero attached hydrogens (tertiary/aromatic N) is 1. The van der Waals surface area contributed by atoms with Gasteiger partial charge in [0.25, 0.3) is 5.91 Å². The van der Waals surface area contributed by atoms with Gasteiger partial charge in [-0.25, -0.2) is 0 Å². The fraction of sp³-hybridized carbons (Fsp3) is 0. The Balaban J connectivity index is 1.92. The molecule has 104 valence electrons. The number of benzene rings is 2. The van der Waals surface area contributed by atoms with Crippen LogP contribution >= 0.6 is 24.0 Å². The Morgan fingerprint density at radius 1 is 1.05 bits per heavy atom. The van der Waals surface area contributed by atoms with Gasteiger partial charge in [0.1, 0.15) is 0 Å². The van der Waals surface area contributed by atoms with E-state index in [1.807, 2.05) is 60.7 Å². The first-order chi connectivity index (χ1) is 10.1. The van der Waals surface area contributed by atoms with E-state index >= 15 is 0 Å². The first-order valence-electron chi connectivity index (χ1n) is 6.34. The Labute approximate surface area is 132 Å². The molecule has 0 aliphatic carbocycles. The van der Waals surface area contributed by atoms with Crippen LogP contribution in [0.4, 0.5) is 11.4 Å². The highest BCUT2D eigenvalue weighted by Gasteiger charge is 2.33. The molecule has 1 amide bonds. The van der Waals surface area contributed by atoms with Gasteiger partial charge < -0.3 is 5.73 Å². The zero-order chi connectivity index (χ0) is 14.8. The molecule has 21 heavy (non-hydrogen) atoms. The minimum absolute atomic E-state index is 0.0898. The summed E-state index contributed by atoms with van der Waals surface area (Å²) in [6, 6.07) is 16.8. The molecule has 3 nitrogen and oxygen atoms in total. The summed E-state index contributed by atoms with van der Waals surface area (Å²) in [5.74, 6) is -0.0898. The highest BCUT2D eigenvalue weighted by Crippen LogP contribution is 2.35. The van der Waals surface area contributed by atoms with Gasteiger partial charge in [-0.05, 0) is 35.9 Å². The second-order valence-corrected chi connectivity index (χ2v) is 6.20. The smallest absolute Gasteiger partial charge is 0.270 e. The van der Waals surface area contributed by atoms with Crippen LogP contribution in [0.1, 0.15) is 5.56 Å². The molecule has 0 unspecified atom stereocenters. The van der Waals surface area contributed by atoms with Gasteiger partial charge in [0.15, 0.2) is 4.32 Å². The number of hydrogen-bond acceptors (Lipinski definition) is 4. The van der Waals surface area contributed by atoms with E-state index in [9.17, 15) is 4.79 Å². The topological polar surface area (TPSA) is 46.3 Å². The number of nitrogens with two attached hydrogens (primary N) is 1. The van der Waals surface area contributed by atoms with Crippen molar-refractivity contribution in [1.29, 1.82) is 0 Å². The second-order valence-electron chi connectivity index (χ2n) is 4.52. The largest absolute Gasteiger partial charge is 0.399 e. The maximum Gasteiger partial charge on any atom is 0.270 e. The van der Waals surface area contributed by atoms with E-state index in [0.717, 1.165) is 11.3 Å². The second kappa shape index (κ2) is 5.71. The Morgan fingerprint density at radius 2 is 1.71 bits per heavy atom. The molecule has 0 bridgehead atoms. The van der Waals surface area contributed by atoms with Crippen LogP contribution in [0.2, 0.25) is 0 Å². The quantitative estimate of drug-likeness (QED) is 0.522. The standard InChI is InChI=1S/C16H12N2OS2/c17-12-8-6-11(7-9-12)10-14-15(19)18(16(20)21-14)13-4-2-1-3-5-13/h1-10H,17H2. The molecule has 1 fully saturated rings. The van der Waals surface area contributed by atoms with Crippen molar-refractivity contribution in [3.63, 3.8) is 0 Å². The van der Waals surface area contributed by atoms with Gasteiger partial charge in [-0.1, -0.05) is 54.3 Å². The molecule has 0 spiro atoms. The third-order valence-electron chi connectivity index (χ3n) is 3.04. The zero-order valence-electron chi connectivity index (χ0n) is 11.0. The number of carbonyl (C=O) groups excluding carboxylic acids is 1. The van der Waals surface area contributed by atoms with Crippen molar-refractivity contribution in [2.75, 3.05) is 10.6 Å². The van der Waals surface area contributed by atoms with Crippen LogP contribution in [0.25, 0.3) is 6.08 Å². The number of para-hydroxylation sites is 1. The van der Waals surface area contributed by atoms with Crippen molar-refractivity contribution in [1.82, 2.24) is 0 Å². The van der Waals surface area contributed by atoms with Gasteiger partial charge in [0, 0.05) is 5.69 Å². The van der Waals surface area contributed by atoms with Crippen molar-refractivity contribution in [2.24, 2.45) is 0 Å². The number of amides is 1. The summed E-state index contributed by atoms with van der Waals surface area (Å²) in [7, 11) is 0. The van der Waals surface area contributed by atoms with E-state index in [2.05, 4.69) is 0 Å². The number of anilines is 2. The highest BCUT2D eigenvalue weighted by atomic mass is 32.2. The Kier molecular flexibility index (Phi) is 3.77. The first-order valence-corrected chi connectivity index (χ1v) is 7.56. The van der Waals surface area contributed by atoms with Gasteiger partial charge >= 0.3 is 0 Å². The average Bonchev–Trinajstić information content (AvgIpc) is 2.77. The summed E-state index contributed by atoms with van der Waals surface area (Å²) in [4.78, 5) is 14.7. The predicted octanol–water partition coefficient (Wildman–Crippen LogP) is 3.67. The van der Waals surface area contributed by atoms with E-state index in [-0.39, 0.29) is 5.91 Å². The molecule has 1 saturated heterocycles. The van der Waals surface area contributed by atoms with Crippen LogP contribution in [0.3, 0.4) is 0 Å². The van der Waals surface area contributed by atoms with Crippen molar-refractivity contribution >= 4 is 51.7 Å². The van der Waals surface area contributed by atoms with Crippen molar-refractivity contribution < 1.29 is 4.79 Å². The Bertz CT molecular complexity index is 724. The number of thioether (sulfide) groups is 1. The lowest BCUT2D eigenvalue weighted by Crippen LogP contribution is -2.27. The Morgan fingerprint density at radius 3 is 2.38 bits per heavy atom. The van der Waals surface area contributed by atoms with Crippen LogP contribution in [-0.2, 0) is 4.79 Å². The third kappa shape index (κ3) is 2.84. The fourth-order valence-corrected chi connectivity index (χ4v) is 3.31. The molecule has 0 aromatic heterocycles. The predicted molar refractivity (Wildman–Crippen MR) is 92.9 cm³/mol. The maximum atomic E-state index is 12.5. The van der Waals surface area contributed by atoms with Crippen molar-refractivity contribution in [2.45, 2.75) is 0 Å². The normalized spacial score (nSPS) is 16.8. The first kappa shape index (κ1) is 13.9. The zero-order valence-corrected chi connectivity index (χ0v) is 12.7. The van der Waals surface area contributed by atoms with Crippen LogP contribution < -0.4 is 10.6 Å². The lowest BCUT2D eigenvalue weighted by atomic mass is 10.2. The molecule has 2 aromatic rings. The molecule has 0 atom stereocenters. The van der Waals surface area contributed by atoms with Gasteiger partial charge in [0.2, 0.25) is 0 Å². The minimum atomic E-state index is -0.0898. The lowest BCUT2D eigenvalue weighted by Gasteiger charge is -2.13. The summed E-state index contributed by atoms with van der Waals surface area (Å²) in [5, 5.41) is 0. The highest BCUT2D eigenvalue weighted by molar-refractivity contribution is 8.27. The van der Waals surface area contributed by atoms with Crippen LogP contribution in [0, 0.1) is 0 Å². The SMILES string of the molecule is Nc1ccc(C=C2SC(=S)N(c3ccccc3)C2=O)cc1. The average molecular weight is 312 g/mol. The Hall–Kier alpha value is -2.11. The fourth-order valence-electron chi connectivity index (χ4n) is 2.01. The van der Waals surface area contributed by atoms with Gasteiger partial charge in [0.05, 0.1) is 10.6 Å². The summed E-state index contributed by atoms with van der Waals surface area (Å²) < 4.78 is 0.549. The van der Waals surface area contributed by atoms with E-state index in [0.29, 0.717) is 14.9 Å². The van der Waals surface area contributed by atoms with Gasteiger partial charge in [-0.15, -0.1) is 0 Å². The molecule has 1 heterocycles. The molecule has 2 N–H and O–H groups in total. The lowest BCUT2D eigenvalue weighted by molar-refractivity contribution is -0.113. The van der Waals surface area contributed by atoms with Crippen molar-refractivity contribution in [3.05, 3.63) is 65.1 Å². The van der Waals surface area contributed by atoms with Gasteiger partial charge in [-0.2, -0.15) is 0 Å². The summed E-state index contributed by atoms with van der Waals surface area (Å²) in [6.07, 6.45) is 1.84. The molecular weight excluding hydrogens is 300 g/mol. The molecule has 1 aliphatic heterocycles. The molecule has 5 heteroatoms. The number of thiocarbonyl (C=S) groups is 1. The van der Waals surface area contributed by atoms with Gasteiger partial charge in [-0.3, -0.25) is 9.69 Å². The van der Waals surface area contributed by atoms with Crippen molar-refractivity contribution in [3.8, 4) is 0 Å². The number of nitrogen functional groups attached to an aromatic ring is 1. The number of hydrogen-bond donors (Lipinski definition) is 1. The minimum Gasteiger partial charge on any atom is -0.399 e. The molecule has 1 aliphatic rings. The number of rotatable bonds is 2.